The largest absolute Gasteiger partial charge is 0.438 e. The molecular weight excluding hydrogens is 713 g/mol. The third kappa shape index (κ3) is 7.78. The molecule has 0 saturated carbocycles. The molecule has 4 aromatic carbocycles. The first kappa shape index (κ1) is 34.3. The van der Waals surface area contributed by atoms with Crippen molar-refractivity contribution in [3.05, 3.63) is 107 Å². The summed E-state index contributed by atoms with van der Waals surface area (Å²) in [4.78, 5) is 2.06. The van der Waals surface area contributed by atoms with Crippen LogP contribution in [0.3, 0.4) is 0 Å². The highest BCUT2D eigenvalue weighted by Gasteiger charge is 2.30. The molecule has 0 bridgehead atoms. The van der Waals surface area contributed by atoms with Gasteiger partial charge in [0.1, 0.15) is 4.70 Å². The van der Waals surface area contributed by atoms with Crippen LogP contribution in [0.4, 0.5) is 5.69 Å². The number of thiophene rings is 1. The zero-order valence-electron chi connectivity index (χ0n) is 26.9. The van der Waals surface area contributed by atoms with Crippen LogP contribution < -0.4 is 14.2 Å². The molecule has 1 aliphatic rings. The van der Waals surface area contributed by atoms with Crippen molar-refractivity contribution in [2.45, 2.75) is 32.2 Å². The average molecular weight is 748 g/mol. The molecule has 50 heavy (non-hydrogen) atoms. The third-order valence-electron chi connectivity index (χ3n) is 8.67. The van der Waals surface area contributed by atoms with Gasteiger partial charge in [-0.1, -0.05) is 72.0 Å². The summed E-state index contributed by atoms with van der Waals surface area (Å²) in [5, 5.41) is 4.15. The van der Waals surface area contributed by atoms with Crippen molar-refractivity contribution in [2.75, 3.05) is 23.0 Å². The van der Waals surface area contributed by atoms with Gasteiger partial charge in [-0.25, -0.2) is 0 Å². The van der Waals surface area contributed by atoms with E-state index in [0.717, 1.165) is 43.2 Å². The minimum atomic E-state index is -4.08. The van der Waals surface area contributed by atoms with Crippen molar-refractivity contribution in [1.82, 2.24) is 0 Å². The molecule has 258 valence electrons. The van der Waals surface area contributed by atoms with E-state index in [-0.39, 0.29) is 17.9 Å². The molecule has 13 heteroatoms. The molecule has 0 fully saturated rings. The number of nitrogens with zero attached hydrogens (tertiary/aromatic N) is 2. The quantitative estimate of drug-likeness (QED) is 0.0688. The van der Waals surface area contributed by atoms with Crippen molar-refractivity contribution >= 4 is 75.0 Å². The van der Waals surface area contributed by atoms with Crippen LogP contribution in [-0.4, -0.2) is 44.0 Å². The second-order valence-corrected chi connectivity index (χ2v) is 17.3. The van der Waals surface area contributed by atoms with Crippen LogP contribution in [0.2, 0.25) is 0 Å². The summed E-state index contributed by atoms with van der Waals surface area (Å²) >= 11 is 3.29. The van der Waals surface area contributed by atoms with Gasteiger partial charge in [0, 0.05) is 23.7 Å². The fraction of sp³-hybridized carbons (Fsp3) is 0.216. The van der Waals surface area contributed by atoms with E-state index in [1.807, 2.05) is 42.5 Å². The lowest BCUT2D eigenvalue weighted by Gasteiger charge is -2.18. The Morgan fingerprint density at radius 1 is 0.760 bits per heavy atom. The summed E-state index contributed by atoms with van der Waals surface area (Å²) < 4.78 is 75.4. The molecule has 2 N–H and O–H groups in total. The Balaban J connectivity index is 1.28. The topological polar surface area (TPSA) is 125 Å². The molecule has 1 aliphatic heterocycles. The molecule has 0 spiro atoms. The zero-order valence-corrected chi connectivity index (χ0v) is 30.2. The standard InChI is InChI=1S/C37H34N2O7S4/c40-49(41,42)21-6-4-18-38-31-24-29(30-12-8-11-27-17-20-47-37(27)30)13-15-33(31)46-35(38)25-36-39(19-5-7-22-50(43,44)45)32-23-28(14-16-34(32)48-36)26-9-2-1-3-10-26/h1-3,8-17,20,23-25H,4-7,18-19,21-22H2,(H-,40,41,42,43,44,45)/p+1. The lowest BCUT2D eigenvalue weighted by atomic mass is 10.0. The van der Waals surface area contributed by atoms with Gasteiger partial charge in [-0.3, -0.25) is 9.11 Å². The Bertz CT molecular complexity index is 2440. The average Bonchev–Trinajstić information content (AvgIpc) is 3.79. The summed E-state index contributed by atoms with van der Waals surface area (Å²) in [7, 11) is -8.15. The number of thiazole rings is 1. The number of anilines is 1. The Kier molecular flexibility index (Phi) is 9.79. The Labute approximate surface area is 299 Å². The second kappa shape index (κ2) is 14.3. The molecule has 0 radical (unpaired) electrons. The third-order valence-corrected chi connectivity index (χ3v) is 12.4. The van der Waals surface area contributed by atoms with Gasteiger partial charge in [0.15, 0.2) is 12.3 Å². The van der Waals surface area contributed by atoms with Crippen molar-refractivity contribution in [2.24, 2.45) is 0 Å². The van der Waals surface area contributed by atoms with Crippen LogP contribution in [0.5, 0.6) is 5.75 Å². The number of unbranched alkanes of at least 4 members (excludes halogenated alkanes) is 2. The van der Waals surface area contributed by atoms with Crippen LogP contribution in [-0.2, 0) is 26.8 Å². The maximum atomic E-state index is 11.5. The first-order valence-corrected chi connectivity index (χ1v) is 21.1. The monoisotopic (exact) mass is 747 g/mol. The van der Waals surface area contributed by atoms with E-state index in [1.165, 1.54) is 10.1 Å². The van der Waals surface area contributed by atoms with Crippen molar-refractivity contribution < 1.29 is 35.2 Å². The maximum absolute atomic E-state index is 11.5. The van der Waals surface area contributed by atoms with Gasteiger partial charge in [-0.2, -0.15) is 21.4 Å². The smallest absolute Gasteiger partial charge is 0.268 e. The van der Waals surface area contributed by atoms with Crippen molar-refractivity contribution in [3.8, 4) is 28.0 Å². The predicted octanol–water partition coefficient (Wildman–Crippen LogP) is 8.27. The molecule has 9 nitrogen and oxygen atoms in total. The number of fused-ring (bicyclic) bond motifs is 3. The molecule has 0 saturated heterocycles. The van der Waals surface area contributed by atoms with E-state index >= 15 is 0 Å². The number of benzene rings is 4. The first-order chi connectivity index (χ1) is 24.0. The van der Waals surface area contributed by atoms with Gasteiger partial charge in [0.25, 0.3) is 25.2 Å². The number of hydrogen-bond acceptors (Lipinski definition) is 8. The van der Waals surface area contributed by atoms with E-state index in [0.29, 0.717) is 44.0 Å². The molecule has 7 rings (SSSR count). The van der Waals surface area contributed by atoms with Crippen LogP contribution >= 0.6 is 22.7 Å². The van der Waals surface area contributed by atoms with E-state index in [4.69, 9.17) is 4.74 Å². The van der Waals surface area contributed by atoms with E-state index < -0.39 is 20.2 Å². The minimum Gasteiger partial charge on any atom is -0.438 e. The lowest BCUT2D eigenvalue weighted by molar-refractivity contribution is -0.669. The van der Waals surface area contributed by atoms with Crippen LogP contribution in [0.15, 0.2) is 102 Å². The molecule has 3 heterocycles. The Morgan fingerprint density at radius 2 is 1.52 bits per heavy atom. The second-order valence-electron chi connectivity index (χ2n) is 12.2. The number of hydrogen-bond donors (Lipinski definition) is 2. The summed E-state index contributed by atoms with van der Waals surface area (Å²) in [5.41, 5.74) is 6.15. The SMILES string of the molecule is O=S(=O)(O)CCCCN1/C(=C/c2sc3ccc(-c4ccccc4)cc3[n+]2CCCCS(=O)(=O)O)Oc2ccc(-c3cccc4ccsc34)cc21. The highest BCUT2D eigenvalue weighted by atomic mass is 32.2. The van der Waals surface area contributed by atoms with E-state index in [1.54, 1.807) is 22.7 Å². The number of rotatable bonds is 13. The highest BCUT2D eigenvalue weighted by Crippen LogP contribution is 2.44. The summed E-state index contributed by atoms with van der Waals surface area (Å²) in [6.45, 7) is 0.974. The van der Waals surface area contributed by atoms with Gasteiger partial charge in [0.2, 0.25) is 11.4 Å². The Morgan fingerprint density at radius 3 is 2.30 bits per heavy atom. The summed E-state index contributed by atoms with van der Waals surface area (Å²) in [6, 6.07) is 30.9. The summed E-state index contributed by atoms with van der Waals surface area (Å²) in [5.74, 6) is 0.635. The molecule has 0 unspecified atom stereocenters. The van der Waals surface area contributed by atoms with Gasteiger partial charge < -0.3 is 9.64 Å². The molecule has 6 aromatic rings. The minimum absolute atomic E-state index is 0.283. The van der Waals surface area contributed by atoms with Crippen LogP contribution in [0, 0.1) is 0 Å². The Hall–Kier alpha value is -4.11. The summed E-state index contributed by atoms with van der Waals surface area (Å²) in [6.07, 6.45) is 3.59. The molecule has 0 atom stereocenters. The molecular formula is C37H35N2O7S4+. The predicted molar refractivity (Wildman–Crippen MR) is 202 cm³/mol. The van der Waals surface area contributed by atoms with Gasteiger partial charge in [-0.05, 0) is 76.5 Å². The first-order valence-electron chi connectivity index (χ1n) is 16.2. The normalized spacial score (nSPS) is 14.1. The van der Waals surface area contributed by atoms with Crippen LogP contribution in [0.25, 0.3) is 48.6 Å². The van der Waals surface area contributed by atoms with Crippen LogP contribution in [0.1, 0.15) is 30.7 Å². The fourth-order valence-electron chi connectivity index (χ4n) is 6.29. The van der Waals surface area contributed by atoms with Gasteiger partial charge in [0.05, 0.1) is 23.3 Å². The molecule has 0 aliphatic carbocycles. The molecule has 0 amide bonds. The maximum Gasteiger partial charge on any atom is 0.268 e. The lowest BCUT2D eigenvalue weighted by Crippen LogP contribution is -2.36. The van der Waals surface area contributed by atoms with Gasteiger partial charge >= 0.3 is 0 Å². The van der Waals surface area contributed by atoms with E-state index in [9.17, 15) is 25.9 Å². The number of aromatic nitrogens is 1. The highest BCUT2D eigenvalue weighted by molar-refractivity contribution is 7.86. The zero-order chi connectivity index (χ0) is 34.9. The van der Waals surface area contributed by atoms with E-state index in [2.05, 4.69) is 69.4 Å². The number of aryl methyl sites for hydroxylation is 1. The number of ether oxygens (including phenoxy) is 1. The van der Waals surface area contributed by atoms with Gasteiger partial charge in [-0.15, -0.1) is 11.3 Å². The van der Waals surface area contributed by atoms with Crippen molar-refractivity contribution in [1.29, 1.82) is 0 Å². The van der Waals surface area contributed by atoms with Crippen molar-refractivity contribution in [3.63, 3.8) is 0 Å². The fourth-order valence-corrected chi connectivity index (χ4v) is 9.46. The molecule has 2 aromatic heterocycles.